The molecule has 0 saturated heterocycles. The molecule has 2 aromatic rings. The molecule has 0 saturated carbocycles. The summed E-state index contributed by atoms with van der Waals surface area (Å²) in [7, 11) is -3.47. The molecule has 2 aromatic heterocycles. The highest BCUT2D eigenvalue weighted by molar-refractivity contribution is 7.89. The minimum Gasteiger partial charge on any atom is -0.326 e. The van der Waals surface area contributed by atoms with Crippen molar-refractivity contribution < 1.29 is 8.42 Å². The quantitative estimate of drug-likeness (QED) is 0.888. The van der Waals surface area contributed by atoms with Crippen molar-refractivity contribution in [2.24, 2.45) is 5.73 Å². The fourth-order valence-electron chi connectivity index (χ4n) is 1.30. The van der Waals surface area contributed by atoms with E-state index in [9.17, 15) is 8.42 Å². The van der Waals surface area contributed by atoms with Crippen LogP contribution in [0.25, 0.3) is 0 Å². The molecule has 18 heavy (non-hydrogen) atoms. The zero-order valence-electron chi connectivity index (χ0n) is 9.22. The monoisotopic (exact) mass is 322 g/mol. The van der Waals surface area contributed by atoms with Gasteiger partial charge < -0.3 is 5.73 Å². The second-order valence-electron chi connectivity index (χ2n) is 3.48. The maximum absolute atomic E-state index is 12.0. The summed E-state index contributed by atoms with van der Waals surface area (Å²) in [5, 5.41) is 1.59. The van der Waals surface area contributed by atoms with Crippen molar-refractivity contribution in [3.05, 3.63) is 37.7 Å². The number of halogens is 1. The molecule has 0 fully saturated rings. The average molecular weight is 323 g/mol. The Balaban J connectivity index is 2.07. The van der Waals surface area contributed by atoms with Crippen LogP contribution in [0, 0.1) is 0 Å². The molecule has 0 unspecified atom stereocenters. The molecule has 0 atom stereocenters. The fraction of sp³-hybridized carbons (Fsp3) is 0.200. The normalized spacial score (nSPS) is 11.9. The van der Waals surface area contributed by atoms with Gasteiger partial charge in [-0.3, -0.25) is 0 Å². The van der Waals surface area contributed by atoms with Gasteiger partial charge in [-0.2, -0.15) is 0 Å². The van der Waals surface area contributed by atoms with Crippen molar-refractivity contribution in [3.63, 3.8) is 0 Å². The highest BCUT2D eigenvalue weighted by Gasteiger charge is 2.15. The van der Waals surface area contributed by atoms with E-state index in [0.717, 1.165) is 9.75 Å². The Kier molecular flexibility index (Phi) is 4.41. The Labute approximate surface area is 118 Å². The largest absolute Gasteiger partial charge is 0.326 e. The second kappa shape index (κ2) is 5.68. The van der Waals surface area contributed by atoms with Crippen LogP contribution in [0.3, 0.4) is 0 Å². The molecule has 98 valence electrons. The zero-order valence-corrected chi connectivity index (χ0v) is 12.4. The summed E-state index contributed by atoms with van der Waals surface area (Å²) in [5.41, 5.74) is 5.46. The van der Waals surface area contributed by atoms with Crippen LogP contribution in [0.15, 0.2) is 28.5 Å². The van der Waals surface area contributed by atoms with Crippen molar-refractivity contribution in [1.82, 2.24) is 4.72 Å². The first kappa shape index (κ1) is 14.0. The number of nitrogens with one attached hydrogen (secondary N) is 1. The van der Waals surface area contributed by atoms with Crippen LogP contribution in [0.1, 0.15) is 9.75 Å². The van der Waals surface area contributed by atoms with E-state index >= 15 is 0 Å². The van der Waals surface area contributed by atoms with Gasteiger partial charge >= 0.3 is 0 Å². The summed E-state index contributed by atoms with van der Waals surface area (Å²) in [4.78, 5) is 1.97. The van der Waals surface area contributed by atoms with E-state index < -0.39 is 10.0 Å². The molecule has 3 N–H and O–H groups in total. The van der Waals surface area contributed by atoms with Gasteiger partial charge in [-0.05, 0) is 18.2 Å². The van der Waals surface area contributed by atoms with Crippen LogP contribution in [0.2, 0.25) is 4.34 Å². The lowest BCUT2D eigenvalue weighted by Crippen LogP contribution is -2.22. The second-order valence-corrected chi connectivity index (χ2v) is 8.05. The van der Waals surface area contributed by atoms with Crippen molar-refractivity contribution in [3.8, 4) is 0 Å². The zero-order chi connectivity index (χ0) is 13.2. The molecule has 2 rings (SSSR count). The lowest BCUT2D eigenvalue weighted by atomic mass is 10.5. The van der Waals surface area contributed by atoms with Crippen LogP contribution in [0.4, 0.5) is 0 Å². The van der Waals surface area contributed by atoms with Crippen molar-refractivity contribution in [2.75, 3.05) is 0 Å². The van der Waals surface area contributed by atoms with Gasteiger partial charge in [0.05, 0.1) is 9.23 Å². The summed E-state index contributed by atoms with van der Waals surface area (Å²) in [6, 6.07) is 5.13. The van der Waals surface area contributed by atoms with Gasteiger partial charge in [0.2, 0.25) is 10.0 Å². The lowest BCUT2D eigenvalue weighted by Gasteiger charge is -2.02. The van der Waals surface area contributed by atoms with E-state index in [2.05, 4.69) is 4.72 Å². The fourth-order valence-corrected chi connectivity index (χ4v) is 4.59. The number of sulfonamides is 1. The van der Waals surface area contributed by atoms with E-state index in [0.29, 0.717) is 10.9 Å². The van der Waals surface area contributed by atoms with Gasteiger partial charge in [0.15, 0.2) is 0 Å². The molecule has 0 bridgehead atoms. The molecular weight excluding hydrogens is 312 g/mol. The molecule has 0 aliphatic rings. The SMILES string of the molecule is NCc1cc(S(=O)(=O)NCc2ccc(Cl)s2)cs1. The number of rotatable bonds is 5. The van der Waals surface area contributed by atoms with Gasteiger partial charge in [0.1, 0.15) is 0 Å². The molecule has 2 heterocycles. The number of hydrogen-bond acceptors (Lipinski definition) is 5. The average Bonchev–Trinajstić information content (AvgIpc) is 2.95. The third-order valence-corrected chi connectivity index (χ3v) is 5.93. The van der Waals surface area contributed by atoms with Gasteiger partial charge in [0, 0.05) is 28.2 Å². The van der Waals surface area contributed by atoms with Crippen molar-refractivity contribution >= 4 is 44.3 Å². The van der Waals surface area contributed by atoms with E-state index in [4.69, 9.17) is 17.3 Å². The molecule has 0 aromatic carbocycles. The molecule has 0 aliphatic carbocycles. The highest BCUT2D eigenvalue weighted by Crippen LogP contribution is 2.22. The first-order chi connectivity index (χ1) is 8.51. The molecule has 8 heteroatoms. The smallest absolute Gasteiger partial charge is 0.241 e. The Morgan fingerprint density at radius 2 is 2.11 bits per heavy atom. The summed E-state index contributed by atoms with van der Waals surface area (Å²) >= 11 is 8.47. The maximum atomic E-state index is 12.0. The van der Waals surface area contributed by atoms with Crippen LogP contribution in [-0.4, -0.2) is 8.42 Å². The number of hydrogen-bond donors (Lipinski definition) is 2. The maximum Gasteiger partial charge on any atom is 0.241 e. The molecule has 4 nitrogen and oxygen atoms in total. The molecular formula is C10H11ClN2O2S3. The van der Waals surface area contributed by atoms with E-state index in [-0.39, 0.29) is 11.4 Å². The highest BCUT2D eigenvalue weighted by atomic mass is 35.5. The molecule has 0 amide bonds. The first-order valence-corrected chi connectivity index (χ1v) is 8.58. The Hall–Kier alpha value is -0.440. The summed E-state index contributed by atoms with van der Waals surface area (Å²) < 4.78 is 27.1. The Bertz CT molecular complexity index is 633. The van der Waals surface area contributed by atoms with E-state index in [1.807, 2.05) is 0 Å². The summed E-state index contributed by atoms with van der Waals surface area (Å²) in [5.74, 6) is 0. The van der Waals surface area contributed by atoms with Crippen LogP contribution in [0.5, 0.6) is 0 Å². The van der Waals surface area contributed by atoms with Gasteiger partial charge in [-0.15, -0.1) is 22.7 Å². The predicted octanol–water partition coefficient (Wildman–Crippen LogP) is 2.40. The van der Waals surface area contributed by atoms with Crippen LogP contribution in [-0.2, 0) is 23.1 Å². The van der Waals surface area contributed by atoms with Crippen molar-refractivity contribution in [2.45, 2.75) is 18.0 Å². The predicted molar refractivity (Wildman–Crippen MR) is 75.6 cm³/mol. The Morgan fingerprint density at radius 1 is 1.33 bits per heavy atom. The summed E-state index contributed by atoms with van der Waals surface area (Å²) in [6.45, 7) is 0.592. The van der Waals surface area contributed by atoms with Crippen molar-refractivity contribution in [1.29, 1.82) is 0 Å². The Morgan fingerprint density at radius 3 is 2.67 bits per heavy atom. The standard InChI is InChI=1S/C10H11ClN2O2S3/c11-10-2-1-7(17-10)5-13-18(14,15)9-3-8(4-12)16-6-9/h1-3,6,13H,4-5,12H2. The van der Waals surface area contributed by atoms with Crippen LogP contribution < -0.4 is 10.5 Å². The lowest BCUT2D eigenvalue weighted by molar-refractivity contribution is 0.582. The molecule has 0 aliphatic heterocycles. The third-order valence-electron chi connectivity index (χ3n) is 2.21. The van der Waals surface area contributed by atoms with E-state index in [1.165, 1.54) is 22.7 Å². The number of thiophene rings is 2. The summed E-state index contributed by atoms with van der Waals surface area (Å²) in [6.07, 6.45) is 0. The van der Waals surface area contributed by atoms with Gasteiger partial charge in [-0.1, -0.05) is 11.6 Å². The molecule has 0 radical (unpaired) electrons. The third kappa shape index (κ3) is 3.31. The van der Waals surface area contributed by atoms with Crippen LogP contribution >= 0.6 is 34.3 Å². The minimum absolute atomic E-state index is 0.244. The number of nitrogens with two attached hydrogens (primary N) is 1. The van der Waals surface area contributed by atoms with Gasteiger partial charge in [-0.25, -0.2) is 13.1 Å². The topological polar surface area (TPSA) is 72.2 Å². The minimum atomic E-state index is -3.47. The molecule has 0 spiro atoms. The van der Waals surface area contributed by atoms with Gasteiger partial charge in [0.25, 0.3) is 0 Å². The van der Waals surface area contributed by atoms with E-state index in [1.54, 1.807) is 23.6 Å². The first-order valence-electron chi connectivity index (χ1n) is 5.02.